The molecule has 0 saturated carbocycles. The molecular formula is C20H23N5O. The van der Waals surface area contributed by atoms with Crippen LogP contribution < -0.4 is 5.32 Å². The highest BCUT2D eigenvalue weighted by Crippen LogP contribution is 2.22. The second kappa shape index (κ2) is 6.78. The van der Waals surface area contributed by atoms with E-state index in [1.165, 1.54) is 0 Å². The standard InChI is InChI=1S/C20H23N5O/c1-14(2)17-11-19(25-18(23-17)8-9-21-25)22-16-10-20(26)24(13-16)12-15-6-4-3-5-7-15/h3-9,11,14,16,22H,10,12-13H2,1-2H3/t16-/m0/s1. The van der Waals surface area contributed by atoms with E-state index in [1.54, 1.807) is 10.7 Å². The number of amides is 1. The molecule has 0 radical (unpaired) electrons. The quantitative estimate of drug-likeness (QED) is 0.769. The predicted octanol–water partition coefficient (Wildman–Crippen LogP) is 3.07. The predicted molar refractivity (Wildman–Crippen MR) is 101 cm³/mol. The lowest BCUT2D eigenvalue weighted by Gasteiger charge is -2.18. The molecule has 1 saturated heterocycles. The van der Waals surface area contributed by atoms with Gasteiger partial charge in [0.2, 0.25) is 5.91 Å². The number of aromatic nitrogens is 3. The molecule has 0 spiro atoms. The Morgan fingerprint density at radius 2 is 2.04 bits per heavy atom. The van der Waals surface area contributed by atoms with Crippen LogP contribution in [0.3, 0.4) is 0 Å². The van der Waals surface area contributed by atoms with Crippen molar-refractivity contribution in [3.05, 3.63) is 59.9 Å². The van der Waals surface area contributed by atoms with Crippen LogP contribution in [-0.4, -0.2) is 38.0 Å². The van der Waals surface area contributed by atoms with E-state index in [0.29, 0.717) is 25.4 Å². The normalized spacial score (nSPS) is 17.4. The van der Waals surface area contributed by atoms with Crippen LogP contribution in [0.2, 0.25) is 0 Å². The number of hydrogen-bond donors (Lipinski definition) is 1. The third-order valence-corrected chi connectivity index (χ3v) is 4.75. The molecule has 6 heteroatoms. The van der Waals surface area contributed by atoms with E-state index < -0.39 is 0 Å². The van der Waals surface area contributed by atoms with Crippen LogP contribution in [0, 0.1) is 0 Å². The fourth-order valence-electron chi connectivity index (χ4n) is 3.37. The molecule has 4 rings (SSSR count). The molecule has 3 aromatic rings. The molecule has 1 aliphatic heterocycles. The maximum Gasteiger partial charge on any atom is 0.225 e. The van der Waals surface area contributed by atoms with E-state index in [-0.39, 0.29) is 11.9 Å². The van der Waals surface area contributed by atoms with Crippen LogP contribution in [0.15, 0.2) is 48.7 Å². The van der Waals surface area contributed by atoms with Gasteiger partial charge in [-0.3, -0.25) is 4.79 Å². The summed E-state index contributed by atoms with van der Waals surface area (Å²) in [6, 6.07) is 14.1. The van der Waals surface area contributed by atoms with E-state index in [0.717, 1.165) is 22.7 Å². The number of carbonyl (C=O) groups excluding carboxylic acids is 1. The van der Waals surface area contributed by atoms with Gasteiger partial charge in [0, 0.05) is 37.3 Å². The molecular weight excluding hydrogens is 326 g/mol. The van der Waals surface area contributed by atoms with Crippen molar-refractivity contribution in [1.82, 2.24) is 19.5 Å². The Morgan fingerprint density at radius 1 is 1.23 bits per heavy atom. The molecule has 26 heavy (non-hydrogen) atoms. The Balaban J connectivity index is 1.52. The van der Waals surface area contributed by atoms with Crippen molar-refractivity contribution >= 4 is 17.4 Å². The maximum atomic E-state index is 12.4. The van der Waals surface area contributed by atoms with Crippen molar-refractivity contribution in [2.24, 2.45) is 0 Å². The summed E-state index contributed by atoms with van der Waals surface area (Å²) in [6.07, 6.45) is 2.24. The summed E-state index contributed by atoms with van der Waals surface area (Å²) in [5, 5.41) is 7.87. The zero-order chi connectivity index (χ0) is 18.1. The Kier molecular flexibility index (Phi) is 4.32. The Bertz CT molecular complexity index is 918. The highest BCUT2D eigenvalue weighted by Gasteiger charge is 2.30. The molecule has 3 heterocycles. The molecule has 6 nitrogen and oxygen atoms in total. The van der Waals surface area contributed by atoms with Crippen molar-refractivity contribution in [1.29, 1.82) is 0 Å². The number of carbonyl (C=O) groups is 1. The summed E-state index contributed by atoms with van der Waals surface area (Å²) in [7, 11) is 0. The molecule has 0 bridgehead atoms. The second-order valence-corrected chi connectivity index (χ2v) is 7.13. The highest BCUT2D eigenvalue weighted by molar-refractivity contribution is 5.80. The molecule has 2 aromatic heterocycles. The van der Waals surface area contributed by atoms with Gasteiger partial charge in [-0.1, -0.05) is 44.2 Å². The number of benzene rings is 1. The van der Waals surface area contributed by atoms with E-state index in [2.05, 4.69) is 41.4 Å². The Hall–Kier alpha value is -2.89. The first-order valence-electron chi connectivity index (χ1n) is 9.03. The third kappa shape index (κ3) is 3.27. The summed E-state index contributed by atoms with van der Waals surface area (Å²) in [6.45, 7) is 5.60. The zero-order valence-electron chi connectivity index (χ0n) is 15.1. The van der Waals surface area contributed by atoms with Gasteiger partial charge in [0.15, 0.2) is 5.65 Å². The Morgan fingerprint density at radius 3 is 2.81 bits per heavy atom. The number of nitrogens with zero attached hydrogens (tertiary/aromatic N) is 4. The van der Waals surface area contributed by atoms with Crippen LogP contribution in [0.4, 0.5) is 5.82 Å². The van der Waals surface area contributed by atoms with Gasteiger partial charge in [-0.2, -0.15) is 9.61 Å². The number of likely N-dealkylation sites (tertiary alicyclic amines) is 1. The Labute approximate surface area is 152 Å². The number of anilines is 1. The number of hydrogen-bond acceptors (Lipinski definition) is 4. The highest BCUT2D eigenvalue weighted by atomic mass is 16.2. The van der Waals surface area contributed by atoms with Crippen LogP contribution in [0.25, 0.3) is 5.65 Å². The first-order chi connectivity index (χ1) is 12.6. The van der Waals surface area contributed by atoms with Crippen molar-refractivity contribution in [3.63, 3.8) is 0 Å². The summed E-state index contributed by atoms with van der Waals surface area (Å²) < 4.78 is 1.80. The smallest absolute Gasteiger partial charge is 0.225 e. The van der Waals surface area contributed by atoms with Crippen molar-refractivity contribution in [2.75, 3.05) is 11.9 Å². The average molecular weight is 349 g/mol. The third-order valence-electron chi connectivity index (χ3n) is 4.75. The summed E-state index contributed by atoms with van der Waals surface area (Å²) in [5.74, 6) is 1.40. The van der Waals surface area contributed by atoms with Gasteiger partial charge < -0.3 is 10.2 Å². The van der Waals surface area contributed by atoms with E-state index in [1.807, 2.05) is 35.2 Å². The van der Waals surface area contributed by atoms with E-state index in [9.17, 15) is 4.79 Å². The summed E-state index contributed by atoms with van der Waals surface area (Å²) in [4.78, 5) is 19.0. The summed E-state index contributed by atoms with van der Waals surface area (Å²) in [5.41, 5.74) is 3.00. The van der Waals surface area contributed by atoms with Crippen molar-refractivity contribution in [2.45, 2.75) is 38.8 Å². The van der Waals surface area contributed by atoms with E-state index >= 15 is 0 Å². The molecule has 1 aliphatic rings. The minimum absolute atomic E-state index is 0.0704. The molecule has 1 atom stereocenters. The molecule has 134 valence electrons. The monoisotopic (exact) mass is 349 g/mol. The molecule has 1 fully saturated rings. The number of rotatable bonds is 5. The molecule has 1 N–H and O–H groups in total. The fraction of sp³-hybridized carbons (Fsp3) is 0.350. The number of fused-ring (bicyclic) bond motifs is 1. The van der Waals surface area contributed by atoms with Gasteiger partial charge in [0.05, 0.1) is 12.2 Å². The molecule has 0 unspecified atom stereocenters. The minimum Gasteiger partial charge on any atom is -0.365 e. The first-order valence-corrected chi connectivity index (χ1v) is 9.03. The fourth-order valence-corrected chi connectivity index (χ4v) is 3.37. The van der Waals surface area contributed by atoms with E-state index in [4.69, 9.17) is 0 Å². The van der Waals surface area contributed by atoms with Gasteiger partial charge in [0.1, 0.15) is 5.82 Å². The van der Waals surface area contributed by atoms with Crippen LogP contribution in [0.5, 0.6) is 0 Å². The van der Waals surface area contributed by atoms with Crippen LogP contribution >= 0.6 is 0 Å². The van der Waals surface area contributed by atoms with Gasteiger partial charge in [-0.15, -0.1) is 0 Å². The van der Waals surface area contributed by atoms with Gasteiger partial charge in [-0.25, -0.2) is 4.98 Å². The lowest BCUT2D eigenvalue weighted by molar-refractivity contribution is -0.128. The lowest BCUT2D eigenvalue weighted by atomic mass is 10.1. The average Bonchev–Trinajstić information content (AvgIpc) is 3.23. The zero-order valence-corrected chi connectivity index (χ0v) is 15.1. The first kappa shape index (κ1) is 16.6. The largest absolute Gasteiger partial charge is 0.365 e. The SMILES string of the molecule is CC(C)c1cc(N[C@H]2CC(=O)N(Cc3ccccc3)C2)n2nccc2n1. The topological polar surface area (TPSA) is 62.5 Å². The molecule has 1 amide bonds. The van der Waals surface area contributed by atoms with Gasteiger partial charge in [-0.05, 0) is 11.5 Å². The molecule has 1 aromatic carbocycles. The van der Waals surface area contributed by atoms with Gasteiger partial charge >= 0.3 is 0 Å². The summed E-state index contributed by atoms with van der Waals surface area (Å²) >= 11 is 0. The maximum absolute atomic E-state index is 12.4. The van der Waals surface area contributed by atoms with Crippen LogP contribution in [0.1, 0.15) is 37.4 Å². The van der Waals surface area contributed by atoms with Crippen LogP contribution in [-0.2, 0) is 11.3 Å². The van der Waals surface area contributed by atoms with Gasteiger partial charge in [0.25, 0.3) is 0 Å². The minimum atomic E-state index is 0.0704. The number of nitrogens with one attached hydrogen (secondary N) is 1. The van der Waals surface area contributed by atoms with Crippen molar-refractivity contribution < 1.29 is 4.79 Å². The molecule has 0 aliphatic carbocycles. The lowest BCUT2D eigenvalue weighted by Crippen LogP contribution is -2.28. The second-order valence-electron chi connectivity index (χ2n) is 7.13. The van der Waals surface area contributed by atoms with Crippen molar-refractivity contribution in [3.8, 4) is 0 Å².